The average molecular weight is 377 g/mol. The van der Waals surface area contributed by atoms with E-state index >= 15 is 0 Å². The van der Waals surface area contributed by atoms with Gasteiger partial charge in [-0.25, -0.2) is 12.8 Å². The van der Waals surface area contributed by atoms with Crippen molar-refractivity contribution in [1.82, 2.24) is 0 Å². The number of carbonyl (C=O) groups is 1. The summed E-state index contributed by atoms with van der Waals surface area (Å²) in [7, 11) is -3.90. The molecule has 2 aromatic rings. The summed E-state index contributed by atoms with van der Waals surface area (Å²) in [5, 5.41) is 2.77. The Balaban J connectivity index is 1.78. The predicted octanol–water partition coefficient (Wildman–Crippen LogP) is 2.69. The highest BCUT2D eigenvalue weighted by atomic mass is 32.2. The van der Waals surface area contributed by atoms with Gasteiger partial charge in [0, 0.05) is 12.0 Å². The third-order valence-corrected chi connectivity index (χ3v) is 5.78. The van der Waals surface area contributed by atoms with Crippen LogP contribution in [-0.4, -0.2) is 20.4 Å². The molecule has 6 nitrogen and oxygen atoms in total. The van der Waals surface area contributed by atoms with E-state index in [1.165, 1.54) is 12.1 Å². The van der Waals surface area contributed by atoms with Crippen LogP contribution >= 0.6 is 0 Å². The second-order valence-corrected chi connectivity index (χ2v) is 8.05. The lowest BCUT2D eigenvalue weighted by atomic mass is 10.1. The van der Waals surface area contributed by atoms with Crippen molar-refractivity contribution in [3.05, 3.63) is 54.3 Å². The lowest BCUT2D eigenvalue weighted by molar-refractivity contribution is -0.119. The minimum absolute atomic E-state index is 0.0259. The monoisotopic (exact) mass is 377 g/mol. The van der Waals surface area contributed by atoms with E-state index in [1.54, 1.807) is 24.3 Å². The van der Waals surface area contributed by atoms with Gasteiger partial charge in [-0.15, -0.1) is 0 Å². The number of benzene rings is 2. The van der Waals surface area contributed by atoms with Gasteiger partial charge in [-0.2, -0.15) is 0 Å². The molecule has 0 aliphatic heterocycles. The van der Waals surface area contributed by atoms with Crippen molar-refractivity contribution in [2.75, 3.05) is 10.0 Å². The van der Waals surface area contributed by atoms with Gasteiger partial charge in [0.15, 0.2) is 0 Å². The molecule has 26 heavy (non-hydrogen) atoms. The average Bonchev–Trinajstić information content (AvgIpc) is 3.03. The number of carbonyl (C=O) groups excluding carboxylic acids is 1. The lowest BCUT2D eigenvalue weighted by Gasteiger charge is -2.15. The fourth-order valence-corrected chi connectivity index (χ4v) is 4.07. The zero-order valence-corrected chi connectivity index (χ0v) is 14.8. The van der Waals surface area contributed by atoms with Crippen LogP contribution in [0.25, 0.3) is 0 Å². The minimum Gasteiger partial charge on any atom is -0.328 e. The third kappa shape index (κ3) is 4.20. The maximum absolute atomic E-state index is 13.0. The van der Waals surface area contributed by atoms with Crippen LogP contribution in [0, 0.1) is 11.7 Å². The van der Waals surface area contributed by atoms with Crippen LogP contribution in [0.1, 0.15) is 19.3 Å². The molecule has 1 saturated carbocycles. The second kappa shape index (κ2) is 7.43. The van der Waals surface area contributed by atoms with Gasteiger partial charge in [-0.05, 0) is 55.7 Å². The Morgan fingerprint density at radius 2 is 1.69 bits per heavy atom. The second-order valence-electron chi connectivity index (χ2n) is 6.36. The van der Waals surface area contributed by atoms with E-state index in [0.717, 1.165) is 25.0 Å². The van der Waals surface area contributed by atoms with Crippen LogP contribution in [0.15, 0.2) is 53.4 Å². The van der Waals surface area contributed by atoms with Crippen LogP contribution in [-0.2, 0) is 14.8 Å². The van der Waals surface area contributed by atoms with Crippen molar-refractivity contribution < 1.29 is 17.6 Å². The number of hydrogen-bond acceptors (Lipinski definition) is 4. The molecule has 0 saturated heterocycles. The standard InChI is InChI=1S/C18H20FN3O3S/c19-13-6-9-15(10-7-13)26(24,25)22-17-4-2-1-3-16(17)21-18(23)12-5-8-14(20)11-12/h1-4,6-7,9-10,12,14,22H,5,8,11,20H2,(H,21,23). The number of nitrogens with two attached hydrogens (primary N) is 1. The zero-order chi connectivity index (χ0) is 18.7. The molecular formula is C18H20FN3O3S. The molecule has 0 bridgehead atoms. The van der Waals surface area contributed by atoms with Crippen molar-refractivity contribution in [2.24, 2.45) is 11.7 Å². The van der Waals surface area contributed by atoms with E-state index in [4.69, 9.17) is 5.73 Å². The number of anilines is 2. The molecule has 2 unspecified atom stereocenters. The summed E-state index contributed by atoms with van der Waals surface area (Å²) in [6.45, 7) is 0. The van der Waals surface area contributed by atoms with Gasteiger partial charge in [0.05, 0.1) is 16.3 Å². The summed E-state index contributed by atoms with van der Waals surface area (Å²) < 4.78 is 40.4. The van der Waals surface area contributed by atoms with Crippen LogP contribution in [0.2, 0.25) is 0 Å². The first-order chi connectivity index (χ1) is 12.3. The van der Waals surface area contributed by atoms with Crippen LogP contribution in [0.4, 0.5) is 15.8 Å². The summed E-state index contributed by atoms with van der Waals surface area (Å²) in [4.78, 5) is 12.3. The Morgan fingerprint density at radius 1 is 1.04 bits per heavy atom. The first kappa shape index (κ1) is 18.3. The van der Waals surface area contributed by atoms with Crippen LogP contribution in [0.3, 0.4) is 0 Å². The van der Waals surface area contributed by atoms with Gasteiger partial charge >= 0.3 is 0 Å². The Labute approximate surface area is 151 Å². The maximum Gasteiger partial charge on any atom is 0.261 e. The zero-order valence-electron chi connectivity index (χ0n) is 14.0. The predicted molar refractivity (Wildman–Crippen MR) is 97.6 cm³/mol. The molecule has 0 aromatic heterocycles. The van der Waals surface area contributed by atoms with Crippen molar-refractivity contribution in [3.8, 4) is 0 Å². The van der Waals surface area contributed by atoms with Gasteiger partial charge in [0.2, 0.25) is 5.91 Å². The molecule has 1 aliphatic rings. The Morgan fingerprint density at radius 3 is 2.31 bits per heavy atom. The number of hydrogen-bond donors (Lipinski definition) is 3. The van der Waals surface area contributed by atoms with Gasteiger partial charge in [0.25, 0.3) is 10.0 Å². The Kier molecular flexibility index (Phi) is 5.24. The van der Waals surface area contributed by atoms with E-state index in [9.17, 15) is 17.6 Å². The third-order valence-electron chi connectivity index (χ3n) is 4.40. The van der Waals surface area contributed by atoms with E-state index in [-0.39, 0.29) is 28.4 Å². The van der Waals surface area contributed by atoms with Crippen molar-refractivity contribution in [1.29, 1.82) is 0 Å². The van der Waals surface area contributed by atoms with Crippen molar-refractivity contribution in [3.63, 3.8) is 0 Å². The van der Waals surface area contributed by atoms with E-state index in [1.807, 2.05) is 0 Å². The molecule has 0 heterocycles. The highest BCUT2D eigenvalue weighted by Gasteiger charge is 2.28. The number of amides is 1. The highest BCUT2D eigenvalue weighted by molar-refractivity contribution is 7.92. The normalized spacial score (nSPS) is 19.9. The van der Waals surface area contributed by atoms with Gasteiger partial charge in [-0.3, -0.25) is 9.52 Å². The number of para-hydroxylation sites is 2. The van der Waals surface area contributed by atoms with Gasteiger partial charge in [-0.1, -0.05) is 12.1 Å². The molecular weight excluding hydrogens is 357 g/mol. The summed E-state index contributed by atoms with van der Waals surface area (Å²) in [5.74, 6) is -0.871. The van der Waals surface area contributed by atoms with Crippen molar-refractivity contribution in [2.45, 2.75) is 30.2 Å². The number of sulfonamides is 1. The SMILES string of the molecule is NC1CCC(C(=O)Nc2ccccc2NS(=O)(=O)c2ccc(F)cc2)C1. The topological polar surface area (TPSA) is 101 Å². The maximum atomic E-state index is 13.0. The first-order valence-electron chi connectivity index (χ1n) is 8.29. The molecule has 8 heteroatoms. The highest BCUT2D eigenvalue weighted by Crippen LogP contribution is 2.29. The Hall–Kier alpha value is -2.45. The molecule has 1 amide bonds. The quantitative estimate of drug-likeness (QED) is 0.746. The lowest BCUT2D eigenvalue weighted by Crippen LogP contribution is -2.24. The molecule has 3 rings (SSSR count). The summed E-state index contributed by atoms with van der Waals surface area (Å²) >= 11 is 0. The molecule has 138 valence electrons. The molecule has 1 aliphatic carbocycles. The van der Waals surface area contributed by atoms with Gasteiger partial charge < -0.3 is 11.1 Å². The van der Waals surface area contributed by atoms with E-state index < -0.39 is 15.8 Å². The van der Waals surface area contributed by atoms with E-state index in [0.29, 0.717) is 12.1 Å². The first-order valence-corrected chi connectivity index (χ1v) is 9.77. The molecule has 0 radical (unpaired) electrons. The van der Waals surface area contributed by atoms with Gasteiger partial charge in [0.1, 0.15) is 5.82 Å². The van der Waals surface area contributed by atoms with Crippen LogP contribution < -0.4 is 15.8 Å². The fraction of sp³-hybridized carbons (Fsp3) is 0.278. The molecule has 1 fully saturated rings. The molecule has 0 spiro atoms. The summed E-state index contributed by atoms with van der Waals surface area (Å²) in [6.07, 6.45) is 2.14. The number of nitrogens with one attached hydrogen (secondary N) is 2. The smallest absolute Gasteiger partial charge is 0.261 e. The van der Waals surface area contributed by atoms with Crippen molar-refractivity contribution >= 4 is 27.3 Å². The minimum atomic E-state index is -3.90. The summed E-state index contributed by atoms with van der Waals surface area (Å²) in [5.41, 5.74) is 6.45. The number of rotatable bonds is 5. The largest absolute Gasteiger partial charge is 0.328 e. The van der Waals surface area contributed by atoms with E-state index in [2.05, 4.69) is 10.0 Å². The fourth-order valence-electron chi connectivity index (χ4n) is 2.99. The molecule has 2 aromatic carbocycles. The Bertz CT molecular complexity index is 900. The molecule has 4 N–H and O–H groups in total. The summed E-state index contributed by atoms with van der Waals surface area (Å²) in [6, 6.07) is 11.1. The van der Waals surface area contributed by atoms with Crippen LogP contribution in [0.5, 0.6) is 0 Å². The number of halogens is 1. The molecule has 2 atom stereocenters.